The number of nitrogens with zero attached hydrogens (tertiary/aromatic N) is 3. The topological polar surface area (TPSA) is 61.9 Å². The van der Waals surface area contributed by atoms with Crippen molar-refractivity contribution in [2.75, 3.05) is 7.05 Å². The van der Waals surface area contributed by atoms with Crippen molar-refractivity contribution in [1.82, 2.24) is 20.1 Å². The SMILES string of the molecule is Cc1n[nH]c(C)c1[C@H](C)N(C)C(=O)c1ccc2scnc2c1. The molecule has 1 N–H and O–H groups in total. The molecule has 1 atom stereocenters. The maximum atomic E-state index is 12.7. The van der Waals surface area contributed by atoms with Crippen molar-refractivity contribution in [3.63, 3.8) is 0 Å². The number of aromatic amines is 1. The highest BCUT2D eigenvalue weighted by molar-refractivity contribution is 7.16. The van der Waals surface area contributed by atoms with E-state index in [9.17, 15) is 4.79 Å². The normalized spacial score (nSPS) is 12.5. The largest absolute Gasteiger partial charge is 0.335 e. The van der Waals surface area contributed by atoms with E-state index < -0.39 is 0 Å². The van der Waals surface area contributed by atoms with Crippen LogP contribution in [-0.4, -0.2) is 33.0 Å². The zero-order valence-corrected chi connectivity index (χ0v) is 13.9. The van der Waals surface area contributed by atoms with E-state index in [0.717, 1.165) is 27.2 Å². The molecule has 0 saturated carbocycles. The number of nitrogens with one attached hydrogen (secondary N) is 1. The summed E-state index contributed by atoms with van der Waals surface area (Å²) < 4.78 is 1.09. The summed E-state index contributed by atoms with van der Waals surface area (Å²) in [4.78, 5) is 18.8. The Hall–Kier alpha value is -2.21. The fourth-order valence-electron chi connectivity index (χ4n) is 2.74. The van der Waals surface area contributed by atoms with Gasteiger partial charge in [0, 0.05) is 23.9 Å². The summed E-state index contributed by atoms with van der Waals surface area (Å²) in [5.74, 6) is -0.0117. The Morgan fingerprint density at radius 1 is 1.36 bits per heavy atom. The van der Waals surface area contributed by atoms with Gasteiger partial charge >= 0.3 is 0 Å². The third-order valence-electron chi connectivity index (χ3n) is 4.08. The number of rotatable bonds is 3. The first kappa shape index (κ1) is 14.7. The first-order chi connectivity index (χ1) is 10.5. The first-order valence-electron chi connectivity index (χ1n) is 7.11. The molecule has 3 rings (SSSR count). The number of aromatic nitrogens is 3. The summed E-state index contributed by atoms with van der Waals surface area (Å²) >= 11 is 1.58. The molecule has 6 heteroatoms. The van der Waals surface area contributed by atoms with Gasteiger partial charge in [0.15, 0.2) is 0 Å². The zero-order valence-electron chi connectivity index (χ0n) is 13.0. The van der Waals surface area contributed by atoms with Gasteiger partial charge in [0.2, 0.25) is 0 Å². The molecule has 5 nitrogen and oxygen atoms in total. The van der Waals surface area contributed by atoms with E-state index in [0.29, 0.717) is 5.56 Å². The van der Waals surface area contributed by atoms with Crippen LogP contribution < -0.4 is 0 Å². The Morgan fingerprint density at radius 2 is 2.14 bits per heavy atom. The summed E-state index contributed by atoms with van der Waals surface area (Å²) in [7, 11) is 1.82. The molecule has 0 bridgehead atoms. The van der Waals surface area contributed by atoms with E-state index in [1.54, 1.807) is 21.7 Å². The fraction of sp³-hybridized carbons (Fsp3) is 0.312. The third kappa shape index (κ3) is 2.39. The van der Waals surface area contributed by atoms with Gasteiger partial charge in [0.1, 0.15) is 0 Å². The highest BCUT2D eigenvalue weighted by atomic mass is 32.1. The first-order valence-corrected chi connectivity index (χ1v) is 7.99. The van der Waals surface area contributed by atoms with Crippen LogP contribution in [0.15, 0.2) is 23.7 Å². The summed E-state index contributed by atoms with van der Waals surface area (Å²) in [6, 6.07) is 5.62. The van der Waals surface area contributed by atoms with Crippen molar-refractivity contribution in [2.24, 2.45) is 0 Å². The van der Waals surface area contributed by atoms with E-state index in [-0.39, 0.29) is 11.9 Å². The molecule has 22 heavy (non-hydrogen) atoms. The second-order valence-corrected chi connectivity index (χ2v) is 6.36. The number of H-pyrrole nitrogens is 1. The van der Waals surface area contributed by atoms with Gasteiger partial charge in [-0.1, -0.05) is 0 Å². The Bertz CT molecular complexity index is 816. The molecule has 3 aromatic rings. The van der Waals surface area contributed by atoms with Crippen molar-refractivity contribution in [1.29, 1.82) is 0 Å². The molecular weight excluding hydrogens is 296 g/mol. The minimum absolute atomic E-state index is 0.0117. The molecule has 1 aromatic carbocycles. The van der Waals surface area contributed by atoms with Gasteiger partial charge in [-0.3, -0.25) is 9.89 Å². The van der Waals surface area contributed by atoms with Crippen LogP contribution in [0.2, 0.25) is 0 Å². The van der Waals surface area contributed by atoms with Crippen molar-refractivity contribution in [3.8, 4) is 0 Å². The number of thiazole rings is 1. The molecule has 0 radical (unpaired) electrons. The summed E-state index contributed by atoms with van der Waals surface area (Å²) in [5, 5.41) is 7.19. The predicted molar refractivity (Wildman–Crippen MR) is 88.2 cm³/mol. The number of amides is 1. The molecule has 0 fully saturated rings. The number of hydrogen-bond donors (Lipinski definition) is 1. The summed E-state index contributed by atoms with van der Waals surface area (Å²) in [6.45, 7) is 5.95. The number of aryl methyl sites for hydroxylation is 2. The van der Waals surface area contributed by atoms with Crippen molar-refractivity contribution < 1.29 is 4.79 Å². The number of carbonyl (C=O) groups excluding carboxylic acids is 1. The molecule has 0 aliphatic carbocycles. The van der Waals surface area contributed by atoms with E-state index in [1.165, 1.54) is 0 Å². The predicted octanol–water partition coefficient (Wildman–Crippen LogP) is 3.47. The van der Waals surface area contributed by atoms with Gasteiger partial charge in [-0.05, 0) is 39.0 Å². The minimum atomic E-state index is -0.0441. The van der Waals surface area contributed by atoms with Gasteiger partial charge < -0.3 is 4.90 Å². The maximum Gasteiger partial charge on any atom is 0.254 e. The van der Waals surface area contributed by atoms with Crippen molar-refractivity contribution in [3.05, 3.63) is 46.2 Å². The second kappa shape index (κ2) is 5.53. The summed E-state index contributed by atoms with van der Waals surface area (Å²) in [6.07, 6.45) is 0. The van der Waals surface area contributed by atoms with E-state index in [2.05, 4.69) is 15.2 Å². The highest BCUT2D eigenvalue weighted by Crippen LogP contribution is 2.26. The van der Waals surface area contributed by atoms with Crippen molar-refractivity contribution in [2.45, 2.75) is 26.8 Å². The molecule has 0 saturated heterocycles. The summed E-state index contributed by atoms with van der Waals surface area (Å²) in [5.41, 5.74) is 6.33. The second-order valence-electron chi connectivity index (χ2n) is 5.47. The minimum Gasteiger partial charge on any atom is -0.335 e. The van der Waals surface area contributed by atoms with Crippen LogP contribution in [0.3, 0.4) is 0 Å². The van der Waals surface area contributed by atoms with Crippen LogP contribution in [0.5, 0.6) is 0 Å². The Balaban J connectivity index is 1.90. The number of fused-ring (bicyclic) bond motifs is 1. The number of carbonyl (C=O) groups is 1. The van der Waals surface area contributed by atoms with Gasteiger partial charge in [0.05, 0.1) is 27.5 Å². The monoisotopic (exact) mass is 314 g/mol. The maximum absolute atomic E-state index is 12.7. The number of hydrogen-bond acceptors (Lipinski definition) is 4. The van der Waals surface area contributed by atoms with Crippen LogP contribution in [0, 0.1) is 13.8 Å². The lowest BCUT2D eigenvalue weighted by molar-refractivity contribution is 0.0742. The quantitative estimate of drug-likeness (QED) is 0.805. The van der Waals surface area contributed by atoms with E-state index >= 15 is 0 Å². The average Bonchev–Trinajstić information content (AvgIpc) is 3.11. The molecule has 114 valence electrons. The molecule has 0 spiro atoms. The molecular formula is C16H18N4OS. The van der Waals surface area contributed by atoms with Crippen LogP contribution >= 0.6 is 11.3 Å². The van der Waals surface area contributed by atoms with Gasteiger partial charge in [-0.15, -0.1) is 11.3 Å². The third-order valence-corrected chi connectivity index (χ3v) is 4.89. The van der Waals surface area contributed by atoms with Gasteiger partial charge in [-0.25, -0.2) is 4.98 Å². The van der Waals surface area contributed by atoms with E-state index in [1.807, 2.05) is 46.0 Å². The Labute approximate surface area is 133 Å². The standard InChI is InChI=1S/C16H18N4OS/c1-9-15(10(2)19-18-9)11(3)20(4)16(21)12-5-6-14-13(7-12)17-8-22-14/h5-8,11H,1-4H3,(H,18,19)/t11-/m0/s1. The lowest BCUT2D eigenvalue weighted by Crippen LogP contribution is -2.30. The van der Waals surface area contributed by atoms with Gasteiger partial charge in [-0.2, -0.15) is 5.10 Å². The lowest BCUT2D eigenvalue weighted by atomic mass is 10.0. The zero-order chi connectivity index (χ0) is 15.9. The lowest BCUT2D eigenvalue weighted by Gasteiger charge is -2.25. The molecule has 1 amide bonds. The molecule has 2 aromatic heterocycles. The van der Waals surface area contributed by atoms with Crippen LogP contribution in [-0.2, 0) is 0 Å². The van der Waals surface area contributed by atoms with Crippen LogP contribution in [0.25, 0.3) is 10.2 Å². The van der Waals surface area contributed by atoms with E-state index in [4.69, 9.17) is 0 Å². The molecule has 0 aliphatic rings. The molecule has 0 aliphatic heterocycles. The van der Waals surface area contributed by atoms with Crippen LogP contribution in [0.1, 0.15) is 40.3 Å². The molecule has 0 unspecified atom stereocenters. The smallest absolute Gasteiger partial charge is 0.254 e. The van der Waals surface area contributed by atoms with Crippen molar-refractivity contribution >= 4 is 27.5 Å². The Kier molecular flexibility index (Phi) is 3.70. The average molecular weight is 314 g/mol. The van der Waals surface area contributed by atoms with Crippen LogP contribution in [0.4, 0.5) is 0 Å². The number of benzene rings is 1. The van der Waals surface area contributed by atoms with Gasteiger partial charge in [0.25, 0.3) is 5.91 Å². The highest BCUT2D eigenvalue weighted by Gasteiger charge is 2.23. The fourth-order valence-corrected chi connectivity index (χ4v) is 3.40. The molecule has 2 heterocycles. The Morgan fingerprint density at radius 3 is 2.82 bits per heavy atom.